The Labute approximate surface area is 108 Å². The van der Waals surface area contributed by atoms with Crippen LogP contribution in [-0.4, -0.2) is 17.5 Å². The highest BCUT2D eigenvalue weighted by Crippen LogP contribution is 2.48. The first-order valence-corrected chi connectivity index (χ1v) is 6.67. The molecule has 18 heavy (non-hydrogen) atoms. The second-order valence-electron chi connectivity index (χ2n) is 5.73. The van der Waals surface area contributed by atoms with Crippen LogP contribution in [0.25, 0.3) is 0 Å². The van der Waals surface area contributed by atoms with E-state index in [2.05, 4.69) is 37.4 Å². The largest absolute Gasteiger partial charge is 0.349 e. The Morgan fingerprint density at radius 1 is 1.56 bits per heavy atom. The quantitative estimate of drug-likeness (QED) is 0.639. The Kier molecular flexibility index (Phi) is 2.49. The third-order valence-corrected chi connectivity index (χ3v) is 4.49. The van der Waals surface area contributed by atoms with Gasteiger partial charge in [0.1, 0.15) is 0 Å². The Hall–Kier alpha value is -1.35. The molecule has 3 atom stereocenters. The summed E-state index contributed by atoms with van der Waals surface area (Å²) in [5, 5.41) is 3.09. The molecule has 3 aliphatic rings. The van der Waals surface area contributed by atoms with Crippen molar-refractivity contribution in [3.8, 4) is 0 Å². The number of hydrogen-bond donors (Lipinski definition) is 2. The first-order chi connectivity index (χ1) is 8.54. The fourth-order valence-electron chi connectivity index (χ4n) is 3.91. The summed E-state index contributed by atoms with van der Waals surface area (Å²) >= 11 is 0. The lowest BCUT2D eigenvalue weighted by Crippen LogP contribution is -2.59. The summed E-state index contributed by atoms with van der Waals surface area (Å²) in [5.74, 6) is 0.504. The highest BCUT2D eigenvalue weighted by molar-refractivity contribution is 5.80. The zero-order valence-corrected chi connectivity index (χ0v) is 11.0. The minimum atomic E-state index is -0.366. The molecule has 1 fully saturated rings. The summed E-state index contributed by atoms with van der Waals surface area (Å²) in [4.78, 5) is 11.5. The van der Waals surface area contributed by atoms with Crippen molar-refractivity contribution >= 4 is 5.91 Å². The molecule has 0 saturated heterocycles. The molecule has 1 amide bonds. The lowest BCUT2D eigenvalue weighted by atomic mass is 9.60. The van der Waals surface area contributed by atoms with Crippen LogP contribution in [0.2, 0.25) is 0 Å². The van der Waals surface area contributed by atoms with Gasteiger partial charge in [0, 0.05) is 12.3 Å². The van der Waals surface area contributed by atoms with Gasteiger partial charge in [-0.15, -0.1) is 0 Å². The molecule has 1 heterocycles. The smallest absolute Gasteiger partial charge is 0.224 e. The van der Waals surface area contributed by atoms with Gasteiger partial charge in [0.25, 0.3) is 0 Å². The molecule has 3 rings (SSSR count). The maximum absolute atomic E-state index is 11.5. The fraction of sp³-hybridized carbons (Fsp3) is 0.533. The summed E-state index contributed by atoms with van der Waals surface area (Å²) in [6.45, 7) is 4.23. The number of carbonyl (C=O) groups is 1. The van der Waals surface area contributed by atoms with Crippen molar-refractivity contribution in [2.24, 2.45) is 11.7 Å². The van der Waals surface area contributed by atoms with Crippen LogP contribution in [-0.2, 0) is 4.79 Å². The van der Waals surface area contributed by atoms with Gasteiger partial charge in [-0.05, 0) is 37.8 Å². The van der Waals surface area contributed by atoms with E-state index in [0.717, 1.165) is 12.8 Å². The number of carbonyl (C=O) groups excluding carboxylic acids is 1. The molecule has 1 unspecified atom stereocenters. The number of nitrogens with two attached hydrogens (primary N) is 1. The minimum Gasteiger partial charge on any atom is -0.349 e. The predicted octanol–water partition coefficient (Wildman–Crippen LogP) is 1.82. The highest BCUT2D eigenvalue weighted by Gasteiger charge is 2.48. The Balaban J connectivity index is 2.12. The third-order valence-electron chi connectivity index (χ3n) is 4.49. The van der Waals surface area contributed by atoms with Gasteiger partial charge in [0.05, 0.1) is 11.6 Å². The van der Waals surface area contributed by atoms with Crippen LogP contribution in [0, 0.1) is 5.92 Å². The molecule has 0 aromatic rings. The molecule has 0 aromatic carbocycles. The van der Waals surface area contributed by atoms with E-state index in [-0.39, 0.29) is 17.5 Å². The van der Waals surface area contributed by atoms with E-state index in [1.807, 2.05) is 0 Å². The summed E-state index contributed by atoms with van der Waals surface area (Å²) in [5.41, 5.74) is 10.3. The molecule has 96 valence electrons. The van der Waals surface area contributed by atoms with Crippen LogP contribution in [0.4, 0.5) is 0 Å². The molecule has 2 bridgehead atoms. The molecule has 2 aliphatic carbocycles. The normalized spacial score (nSPS) is 40.8. The molecule has 3 nitrogen and oxygen atoms in total. The predicted molar refractivity (Wildman–Crippen MR) is 71.8 cm³/mol. The van der Waals surface area contributed by atoms with E-state index in [9.17, 15) is 4.79 Å². The van der Waals surface area contributed by atoms with Crippen molar-refractivity contribution in [2.45, 2.75) is 44.7 Å². The summed E-state index contributed by atoms with van der Waals surface area (Å²) in [6, 6.07) is 0.134. The number of rotatable bonds is 0. The van der Waals surface area contributed by atoms with E-state index in [0.29, 0.717) is 12.3 Å². The van der Waals surface area contributed by atoms with Crippen LogP contribution in [0.5, 0.6) is 0 Å². The first kappa shape index (κ1) is 11.7. The lowest BCUT2D eigenvalue weighted by molar-refractivity contribution is -0.121. The van der Waals surface area contributed by atoms with Gasteiger partial charge in [-0.1, -0.05) is 23.8 Å². The highest BCUT2D eigenvalue weighted by atomic mass is 16.1. The average molecular weight is 244 g/mol. The van der Waals surface area contributed by atoms with Crippen molar-refractivity contribution in [1.82, 2.24) is 5.32 Å². The third kappa shape index (κ3) is 1.50. The van der Waals surface area contributed by atoms with Crippen molar-refractivity contribution in [3.05, 3.63) is 34.9 Å². The van der Waals surface area contributed by atoms with Gasteiger partial charge in [-0.2, -0.15) is 0 Å². The molecule has 3 heteroatoms. The topological polar surface area (TPSA) is 55.1 Å². The van der Waals surface area contributed by atoms with Crippen molar-refractivity contribution in [3.63, 3.8) is 0 Å². The molecule has 1 aliphatic heterocycles. The summed E-state index contributed by atoms with van der Waals surface area (Å²) in [6.07, 6.45) is 8.84. The molecule has 3 N–H and O–H groups in total. The van der Waals surface area contributed by atoms with Gasteiger partial charge in [0.15, 0.2) is 0 Å². The second-order valence-corrected chi connectivity index (χ2v) is 5.73. The molecule has 0 radical (unpaired) electrons. The molecule has 0 spiro atoms. The number of allylic oxidation sites excluding steroid dienone is 2. The zero-order valence-electron chi connectivity index (χ0n) is 11.0. The lowest BCUT2D eigenvalue weighted by Gasteiger charge is -2.50. The van der Waals surface area contributed by atoms with Crippen molar-refractivity contribution in [2.75, 3.05) is 0 Å². The number of fused-ring (bicyclic) bond motifs is 4. The van der Waals surface area contributed by atoms with Gasteiger partial charge in [0.2, 0.25) is 5.91 Å². The Morgan fingerprint density at radius 3 is 3.06 bits per heavy atom. The van der Waals surface area contributed by atoms with Crippen LogP contribution in [0.3, 0.4) is 0 Å². The van der Waals surface area contributed by atoms with Crippen molar-refractivity contribution < 1.29 is 4.79 Å². The zero-order chi connectivity index (χ0) is 12.9. The van der Waals surface area contributed by atoms with E-state index >= 15 is 0 Å². The number of hydrogen-bond acceptors (Lipinski definition) is 2. The van der Waals surface area contributed by atoms with Gasteiger partial charge >= 0.3 is 0 Å². The van der Waals surface area contributed by atoms with E-state index < -0.39 is 0 Å². The van der Waals surface area contributed by atoms with E-state index in [1.165, 1.54) is 16.7 Å². The van der Waals surface area contributed by atoms with Crippen molar-refractivity contribution in [1.29, 1.82) is 0 Å². The summed E-state index contributed by atoms with van der Waals surface area (Å²) in [7, 11) is 0. The molecular formula is C15H20N2O. The summed E-state index contributed by atoms with van der Waals surface area (Å²) < 4.78 is 0. The second kappa shape index (κ2) is 3.82. The van der Waals surface area contributed by atoms with Gasteiger partial charge < -0.3 is 11.1 Å². The number of amides is 1. The monoisotopic (exact) mass is 244 g/mol. The van der Waals surface area contributed by atoms with E-state index in [1.54, 1.807) is 0 Å². The molecule has 1 saturated carbocycles. The SMILES string of the molecule is C/C=C1\C2C=C(C)C[C@]1(N)C1=CCC(=O)N[C@@H]1C2. The van der Waals surface area contributed by atoms with Gasteiger partial charge in [-0.3, -0.25) is 4.79 Å². The van der Waals surface area contributed by atoms with Crippen LogP contribution < -0.4 is 11.1 Å². The Bertz CT molecular complexity index is 501. The fourth-order valence-corrected chi connectivity index (χ4v) is 3.91. The maximum Gasteiger partial charge on any atom is 0.224 e. The van der Waals surface area contributed by atoms with Gasteiger partial charge in [-0.25, -0.2) is 0 Å². The average Bonchev–Trinajstić information content (AvgIpc) is 2.26. The van der Waals surface area contributed by atoms with E-state index in [4.69, 9.17) is 5.73 Å². The van der Waals surface area contributed by atoms with Crippen LogP contribution in [0.1, 0.15) is 33.1 Å². The molecular weight excluding hydrogens is 224 g/mol. The minimum absolute atomic E-state index is 0.120. The molecule has 0 aromatic heterocycles. The standard InChI is InChI=1S/C15H20N2O/c1-3-11-10-6-9(2)8-15(11,16)12-4-5-14(18)17-13(12)7-10/h3-4,6,10,13H,5,7-8,16H2,1-2H3,(H,17,18)/b11-3+/t10?,13-,15-/m1/s1. The first-order valence-electron chi connectivity index (χ1n) is 6.67. The Morgan fingerprint density at radius 2 is 2.33 bits per heavy atom. The number of nitrogens with one attached hydrogen (secondary N) is 1. The van der Waals surface area contributed by atoms with Crippen LogP contribution >= 0.6 is 0 Å². The maximum atomic E-state index is 11.5. The van der Waals surface area contributed by atoms with Crippen LogP contribution in [0.15, 0.2) is 34.9 Å².